The quantitative estimate of drug-likeness (QED) is 0.730. The van der Waals surface area contributed by atoms with Crippen molar-refractivity contribution in [3.05, 3.63) is 0 Å². The fourth-order valence-electron chi connectivity index (χ4n) is 1.81. The molecular weight excluding hydrogens is 248 g/mol. The van der Waals surface area contributed by atoms with E-state index in [2.05, 4.69) is 0 Å². The van der Waals surface area contributed by atoms with Crippen molar-refractivity contribution in [1.29, 1.82) is 0 Å². The number of hydrogen-bond donors (Lipinski definition) is 0. The molecule has 1 saturated heterocycles. The monoisotopic (exact) mass is 272 g/mol. The molecule has 2 amide bonds. The molecule has 1 heterocycles. The average molecular weight is 272 g/mol. The van der Waals surface area contributed by atoms with Crippen LogP contribution in [-0.2, 0) is 14.4 Å². The largest absolute Gasteiger partial charge is 0.444 e. The maximum atomic E-state index is 11.7. The van der Waals surface area contributed by atoms with Gasteiger partial charge in [0.15, 0.2) is 0 Å². The summed E-state index contributed by atoms with van der Waals surface area (Å²) in [6, 6.07) is 0. The SMILES string of the molecule is CON(C)C(=O)CCC1CN(C(=O)OC(C)(C)C)C1. The fraction of sp³-hybridized carbons (Fsp3) is 0.846. The zero-order valence-corrected chi connectivity index (χ0v) is 12.4. The highest BCUT2D eigenvalue weighted by Gasteiger charge is 2.33. The first-order valence-corrected chi connectivity index (χ1v) is 6.51. The van der Waals surface area contributed by atoms with Crippen molar-refractivity contribution in [2.24, 2.45) is 5.92 Å². The molecular formula is C13H24N2O4. The highest BCUT2D eigenvalue weighted by Crippen LogP contribution is 2.23. The lowest BCUT2D eigenvalue weighted by molar-refractivity contribution is -0.169. The molecule has 0 aliphatic carbocycles. The van der Waals surface area contributed by atoms with E-state index in [4.69, 9.17) is 9.57 Å². The van der Waals surface area contributed by atoms with Crippen LogP contribution in [0.15, 0.2) is 0 Å². The molecule has 0 unspecified atom stereocenters. The molecule has 1 aliphatic rings. The number of ether oxygens (including phenoxy) is 1. The molecule has 1 rings (SSSR count). The Morgan fingerprint density at radius 2 is 1.89 bits per heavy atom. The van der Waals surface area contributed by atoms with Gasteiger partial charge in [0.2, 0.25) is 5.91 Å². The van der Waals surface area contributed by atoms with Crippen LogP contribution in [0.25, 0.3) is 0 Å². The first-order chi connectivity index (χ1) is 8.73. The molecule has 6 heteroatoms. The van der Waals surface area contributed by atoms with Gasteiger partial charge in [-0.25, -0.2) is 9.86 Å². The minimum absolute atomic E-state index is 0.0433. The van der Waals surface area contributed by atoms with Gasteiger partial charge in [-0.05, 0) is 33.1 Å². The van der Waals surface area contributed by atoms with Crippen molar-refractivity contribution >= 4 is 12.0 Å². The lowest BCUT2D eigenvalue weighted by Crippen LogP contribution is -2.51. The predicted octanol–water partition coefficient (Wildman–Crippen LogP) is 1.65. The first-order valence-electron chi connectivity index (χ1n) is 6.51. The van der Waals surface area contributed by atoms with Crippen molar-refractivity contribution in [2.75, 3.05) is 27.2 Å². The molecule has 6 nitrogen and oxygen atoms in total. The number of hydrogen-bond acceptors (Lipinski definition) is 4. The third-order valence-electron chi connectivity index (χ3n) is 3.00. The van der Waals surface area contributed by atoms with Crippen molar-refractivity contribution in [1.82, 2.24) is 9.96 Å². The van der Waals surface area contributed by atoms with E-state index in [1.165, 1.54) is 12.2 Å². The number of likely N-dealkylation sites (tertiary alicyclic amines) is 1. The number of carbonyl (C=O) groups excluding carboxylic acids is 2. The second kappa shape index (κ2) is 6.23. The Labute approximate surface area is 114 Å². The van der Waals surface area contributed by atoms with Crippen molar-refractivity contribution < 1.29 is 19.2 Å². The van der Waals surface area contributed by atoms with Gasteiger partial charge < -0.3 is 9.64 Å². The summed E-state index contributed by atoms with van der Waals surface area (Å²) in [4.78, 5) is 29.7. The highest BCUT2D eigenvalue weighted by atomic mass is 16.7. The van der Waals surface area contributed by atoms with Crippen molar-refractivity contribution in [3.63, 3.8) is 0 Å². The molecule has 0 N–H and O–H groups in total. The van der Waals surface area contributed by atoms with Gasteiger partial charge in [0, 0.05) is 26.6 Å². The number of carbonyl (C=O) groups is 2. The van der Waals surface area contributed by atoms with E-state index in [1.807, 2.05) is 20.8 Å². The van der Waals surface area contributed by atoms with Crippen molar-refractivity contribution in [3.8, 4) is 0 Å². The summed E-state index contributed by atoms with van der Waals surface area (Å²) in [5.74, 6) is 0.333. The fourth-order valence-corrected chi connectivity index (χ4v) is 1.81. The van der Waals surface area contributed by atoms with Crippen LogP contribution in [0.2, 0.25) is 0 Å². The minimum atomic E-state index is -0.459. The van der Waals surface area contributed by atoms with E-state index in [0.717, 1.165) is 6.42 Å². The van der Waals surface area contributed by atoms with Gasteiger partial charge in [-0.3, -0.25) is 9.63 Å². The maximum Gasteiger partial charge on any atom is 0.410 e. The van der Waals surface area contributed by atoms with Crippen LogP contribution in [0.4, 0.5) is 4.79 Å². The number of hydroxylamine groups is 2. The van der Waals surface area contributed by atoms with Gasteiger partial charge in [0.25, 0.3) is 0 Å². The summed E-state index contributed by atoms with van der Waals surface area (Å²) in [7, 11) is 3.06. The molecule has 0 aromatic carbocycles. The molecule has 0 atom stereocenters. The van der Waals surface area contributed by atoms with Crippen LogP contribution < -0.4 is 0 Å². The van der Waals surface area contributed by atoms with Crippen LogP contribution in [-0.4, -0.2) is 54.8 Å². The van der Waals surface area contributed by atoms with E-state index >= 15 is 0 Å². The molecule has 1 fully saturated rings. The van der Waals surface area contributed by atoms with Gasteiger partial charge in [-0.2, -0.15) is 0 Å². The second-order valence-corrected chi connectivity index (χ2v) is 5.86. The van der Waals surface area contributed by atoms with E-state index in [0.29, 0.717) is 25.4 Å². The average Bonchev–Trinajstić information content (AvgIpc) is 2.22. The standard InChI is InChI=1S/C13H24N2O4/c1-13(2,3)19-12(17)15-8-10(9-15)6-7-11(16)14(4)18-5/h10H,6-9H2,1-5H3. The molecule has 0 saturated carbocycles. The van der Waals surface area contributed by atoms with Crippen LogP contribution >= 0.6 is 0 Å². The summed E-state index contributed by atoms with van der Waals surface area (Å²) in [5, 5.41) is 1.23. The summed E-state index contributed by atoms with van der Waals surface area (Å²) >= 11 is 0. The molecule has 0 aromatic rings. The Bertz CT molecular complexity index is 332. The third-order valence-corrected chi connectivity index (χ3v) is 3.00. The topological polar surface area (TPSA) is 59.1 Å². The molecule has 0 radical (unpaired) electrons. The summed E-state index contributed by atoms with van der Waals surface area (Å²) in [5.41, 5.74) is -0.459. The number of amides is 2. The molecule has 1 aliphatic heterocycles. The van der Waals surface area contributed by atoms with Gasteiger partial charge in [0.1, 0.15) is 5.60 Å². The smallest absolute Gasteiger partial charge is 0.410 e. The van der Waals surface area contributed by atoms with E-state index < -0.39 is 5.60 Å². The molecule has 0 spiro atoms. The van der Waals surface area contributed by atoms with E-state index in [1.54, 1.807) is 11.9 Å². The lowest BCUT2D eigenvalue weighted by atomic mass is 9.95. The Morgan fingerprint density at radius 3 is 2.37 bits per heavy atom. The highest BCUT2D eigenvalue weighted by molar-refractivity contribution is 5.74. The maximum absolute atomic E-state index is 11.7. The van der Waals surface area contributed by atoms with E-state index in [-0.39, 0.29) is 12.0 Å². The minimum Gasteiger partial charge on any atom is -0.444 e. The zero-order valence-electron chi connectivity index (χ0n) is 12.4. The zero-order chi connectivity index (χ0) is 14.6. The second-order valence-electron chi connectivity index (χ2n) is 5.86. The summed E-state index contributed by atoms with van der Waals surface area (Å²) < 4.78 is 5.26. The third kappa shape index (κ3) is 5.06. The molecule has 19 heavy (non-hydrogen) atoms. The van der Waals surface area contributed by atoms with E-state index in [9.17, 15) is 9.59 Å². The summed E-state index contributed by atoms with van der Waals surface area (Å²) in [6.45, 7) is 6.88. The normalized spacial score (nSPS) is 15.9. The Kier molecular flexibility index (Phi) is 5.17. The van der Waals surface area contributed by atoms with Gasteiger partial charge in [0.05, 0.1) is 7.11 Å². The van der Waals surface area contributed by atoms with Crippen LogP contribution in [0.3, 0.4) is 0 Å². The van der Waals surface area contributed by atoms with Gasteiger partial charge >= 0.3 is 6.09 Å². The molecule has 0 bridgehead atoms. The number of nitrogens with zero attached hydrogens (tertiary/aromatic N) is 2. The van der Waals surface area contributed by atoms with Gasteiger partial charge in [-0.15, -0.1) is 0 Å². The van der Waals surface area contributed by atoms with Crippen LogP contribution in [0, 0.1) is 5.92 Å². The van der Waals surface area contributed by atoms with Crippen molar-refractivity contribution in [2.45, 2.75) is 39.2 Å². The summed E-state index contributed by atoms with van der Waals surface area (Å²) in [6.07, 6.45) is 0.937. The predicted molar refractivity (Wildman–Crippen MR) is 70.3 cm³/mol. The van der Waals surface area contributed by atoms with Crippen LogP contribution in [0.5, 0.6) is 0 Å². The molecule has 110 valence electrons. The molecule has 0 aromatic heterocycles. The Balaban J connectivity index is 2.20. The van der Waals surface area contributed by atoms with Gasteiger partial charge in [-0.1, -0.05) is 0 Å². The number of rotatable bonds is 4. The first kappa shape index (κ1) is 15.8. The Morgan fingerprint density at radius 1 is 1.32 bits per heavy atom. The Hall–Kier alpha value is -1.30. The lowest BCUT2D eigenvalue weighted by Gasteiger charge is -2.39. The van der Waals surface area contributed by atoms with Crippen LogP contribution in [0.1, 0.15) is 33.6 Å².